The van der Waals surface area contributed by atoms with E-state index in [2.05, 4.69) is 5.32 Å². The van der Waals surface area contributed by atoms with Gasteiger partial charge in [-0.05, 0) is 43.2 Å². The maximum absolute atomic E-state index is 14.2. The van der Waals surface area contributed by atoms with Gasteiger partial charge < -0.3 is 19.5 Å². The number of rotatable bonds is 7. The molecule has 40 heavy (non-hydrogen) atoms. The van der Waals surface area contributed by atoms with Crippen LogP contribution in [0.1, 0.15) is 32.8 Å². The summed E-state index contributed by atoms with van der Waals surface area (Å²) in [4.78, 5) is 55.7. The number of anilines is 2. The van der Waals surface area contributed by atoms with Crippen LogP contribution in [-0.4, -0.2) is 50.2 Å². The van der Waals surface area contributed by atoms with Crippen LogP contribution in [0, 0.1) is 5.92 Å². The summed E-state index contributed by atoms with van der Waals surface area (Å²) in [6, 6.07) is 10.5. The highest BCUT2D eigenvalue weighted by molar-refractivity contribution is 7.91. The van der Waals surface area contributed by atoms with Crippen molar-refractivity contribution in [3.05, 3.63) is 69.5 Å². The smallest absolute Gasteiger partial charge is 0.336 e. The van der Waals surface area contributed by atoms with Gasteiger partial charge in [0, 0.05) is 34.7 Å². The number of sulfone groups is 1. The summed E-state index contributed by atoms with van der Waals surface area (Å²) in [5, 5.41) is 3.71. The number of fused-ring (bicyclic) bond motifs is 2. The van der Waals surface area contributed by atoms with Crippen LogP contribution in [0.15, 0.2) is 57.7 Å². The van der Waals surface area contributed by atoms with E-state index in [0.29, 0.717) is 33.8 Å². The molecule has 3 amide bonds. The molecule has 3 atom stereocenters. The Morgan fingerprint density at radius 1 is 1.10 bits per heavy atom. The zero-order chi connectivity index (χ0) is 29.4. The number of hydrogen-bond donors (Lipinski definition) is 1. The van der Waals surface area contributed by atoms with Crippen LogP contribution in [0.25, 0.3) is 11.0 Å². The largest absolute Gasteiger partial charge is 0.423 e. The molecule has 0 saturated heterocycles. The lowest BCUT2D eigenvalue weighted by molar-refractivity contribution is -0.130. The molecule has 1 aromatic heterocycles. The van der Waals surface area contributed by atoms with Crippen molar-refractivity contribution in [1.29, 1.82) is 0 Å². The molecule has 212 valence electrons. The summed E-state index contributed by atoms with van der Waals surface area (Å²) in [5.41, 5.74) is 0.678. The van der Waals surface area contributed by atoms with E-state index in [1.54, 1.807) is 50.2 Å². The molecule has 0 fully saturated rings. The molecule has 0 bridgehead atoms. The van der Waals surface area contributed by atoms with E-state index in [4.69, 9.17) is 16.0 Å². The quantitative estimate of drug-likeness (QED) is 0.419. The Hall–Kier alpha value is -3.70. The Labute approximate surface area is 236 Å². The van der Waals surface area contributed by atoms with Crippen molar-refractivity contribution in [3.8, 4) is 0 Å². The van der Waals surface area contributed by atoms with Crippen molar-refractivity contribution >= 4 is 61.5 Å². The third-order valence-electron chi connectivity index (χ3n) is 6.99. The van der Waals surface area contributed by atoms with Crippen LogP contribution >= 0.6 is 11.6 Å². The van der Waals surface area contributed by atoms with E-state index in [0.717, 1.165) is 6.26 Å². The Morgan fingerprint density at radius 3 is 2.42 bits per heavy atom. The predicted molar refractivity (Wildman–Crippen MR) is 153 cm³/mol. The van der Waals surface area contributed by atoms with E-state index in [1.165, 1.54) is 21.9 Å². The first-order valence-electron chi connectivity index (χ1n) is 12.7. The number of para-hydroxylation sites is 2. The normalized spacial score (nSPS) is 18.3. The first-order valence-corrected chi connectivity index (χ1v) is 15.2. The molecule has 1 aliphatic rings. The summed E-state index contributed by atoms with van der Waals surface area (Å²) in [6.07, 6.45) is 1.48. The van der Waals surface area contributed by atoms with Crippen molar-refractivity contribution in [2.75, 3.05) is 21.8 Å². The molecule has 0 unspecified atom stereocenters. The minimum Gasteiger partial charge on any atom is -0.423 e. The Bertz CT molecular complexity index is 1650. The second-order valence-electron chi connectivity index (χ2n) is 10.0. The topological polar surface area (TPSA) is 134 Å². The minimum atomic E-state index is -3.71. The maximum atomic E-state index is 14.2. The van der Waals surface area contributed by atoms with E-state index in [-0.39, 0.29) is 18.0 Å². The predicted octanol–water partition coefficient (Wildman–Crippen LogP) is 3.29. The van der Waals surface area contributed by atoms with E-state index in [1.807, 2.05) is 6.92 Å². The number of halogens is 1. The SMILES string of the molecule is CC[C@@H](C)C(=O)N[C@@H]1C(=O)N(Cc2cc(=O)oc3cc(Cl)ccc23)c2ccccc2N(C(=O)CS(C)(=O)=O)[C@H]1C. The zero-order valence-corrected chi connectivity index (χ0v) is 24.1. The molecule has 2 aromatic carbocycles. The van der Waals surface area contributed by atoms with Crippen molar-refractivity contribution in [1.82, 2.24) is 5.32 Å². The molecular formula is C28H30ClN3O7S. The van der Waals surface area contributed by atoms with Crippen molar-refractivity contribution < 1.29 is 27.2 Å². The number of carbonyl (C=O) groups is 3. The summed E-state index contributed by atoms with van der Waals surface area (Å²) < 4.78 is 29.5. The van der Waals surface area contributed by atoms with Crippen molar-refractivity contribution in [2.45, 2.75) is 45.8 Å². The summed E-state index contributed by atoms with van der Waals surface area (Å²) in [7, 11) is -3.71. The van der Waals surface area contributed by atoms with E-state index >= 15 is 0 Å². The van der Waals surface area contributed by atoms with Crippen molar-refractivity contribution in [2.24, 2.45) is 5.92 Å². The van der Waals surface area contributed by atoms with Crippen molar-refractivity contribution in [3.63, 3.8) is 0 Å². The van der Waals surface area contributed by atoms with Crippen LogP contribution in [-0.2, 0) is 30.8 Å². The highest BCUT2D eigenvalue weighted by Crippen LogP contribution is 2.37. The van der Waals surface area contributed by atoms with Crippen LogP contribution < -0.4 is 20.7 Å². The summed E-state index contributed by atoms with van der Waals surface area (Å²) >= 11 is 6.09. The van der Waals surface area contributed by atoms with Gasteiger partial charge in [-0.15, -0.1) is 0 Å². The Balaban J connectivity index is 1.90. The summed E-state index contributed by atoms with van der Waals surface area (Å²) in [6.45, 7) is 5.05. The third kappa shape index (κ3) is 6.05. The molecule has 0 radical (unpaired) electrons. The Morgan fingerprint density at radius 2 is 1.77 bits per heavy atom. The lowest BCUT2D eigenvalue weighted by Crippen LogP contribution is -2.59. The zero-order valence-electron chi connectivity index (χ0n) is 22.5. The van der Waals surface area contributed by atoms with Gasteiger partial charge >= 0.3 is 5.63 Å². The van der Waals surface area contributed by atoms with Gasteiger partial charge in [0.25, 0.3) is 5.91 Å². The molecule has 0 aliphatic carbocycles. The number of nitrogens with one attached hydrogen (secondary N) is 1. The molecule has 3 aromatic rings. The highest BCUT2D eigenvalue weighted by Gasteiger charge is 2.42. The Kier molecular flexibility index (Phi) is 8.36. The third-order valence-corrected chi connectivity index (χ3v) is 7.99. The van der Waals surface area contributed by atoms with E-state index < -0.39 is 51.0 Å². The number of hydrogen-bond acceptors (Lipinski definition) is 7. The van der Waals surface area contributed by atoms with E-state index in [9.17, 15) is 27.6 Å². The minimum absolute atomic E-state index is 0.101. The number of carbonyl (C=O) groups excluding carboxylic acids is 3. The number of benzene rings is 2. The monoisotopic (exact) mass is 587 g/mol. The fourth-order valence-corrected chi connectivity index (χ4v) is 5.49. The van der Waals surface area contributed by atoms with Gasteiger partial charge in [-0.25, -0.2) is 13.2 Å². The highest BCUT2D eigenvalue weighted by atomic mass is 35.5. The molecule has 0 saturated carbocycles. The average Bonchev–Trinajstić information content (AvgIpc) is 2.95. The van der Waals surface area contributed by atoms with Crippen LogP contribution in [0.4, 0.5) is 11.4 Å². The lowest BCUT2D eigenvalue weighted by Gasteiger charge is -2.32. The molecule has 10 nitrogen and oxygen atoms in total. The summed E-state index contributed by atoms with van der Waals surface area (Å²) in [5.74, 6) is -2.83. The molecule has 4 rings (SSSR count). The van der Waals surface area contributed by atoms with Crippen LogP contribution in [0.2, 0.25) is 5.02 Å². The van der Waals surface area contributed by atoms with Crippen LogP contribution in [0.3, 0.4) is 0 Å². The first kappa shape index (κ1) is 29.3. The second-order valence-corrected chi connectivity index (χ2v) is 12.6. The van der Waals surface area contributed by atoms with Gasteiger partial charge in [-0.2, -0.15) is 0 Å². The molecule has 0 spiro atoms. The number of nitrogens with zero attached hydrogens (tertiary/aromatic N) is 2. The average molecular weight is 588 g/mol. The van der Waals surface area contributed by atoms with Gasteiger partial charge in [-0.1, -0.05) is 37.6 Å². The molecular weight excluding hydrogens is 558 g/mol. The second kappa shape index (κ2) is 11.4. The number of amides is 3. The maximum Gasteiger partial charge on any atom is 0.336 e. The fourth-order valence-electron chi connectivity index (χ4n) is 4.74. The standard InChI is InChI=1S/C28H30ClN3O7S/c1-5-16(2)27(35)30-26-17(3)32(24(33)15-40(4,37)38)22-9-7-6-8-21(22)31(28(26)36)14-18-12-25(34)39-23-13-19(29)10-11-20(18)23/h6-13,16-17,26H,5,14-15H2,1-4H3,(H,30,35)/t16-,17+,26+/m1/s1. The van der Waals surface area contributed by atoms with Gasteiger partial charge in [-0.3, -0.25) is 14.4 Å². The molecule has 1 aliphatic heterocycles. The van der Waals surface area contributed by atoms with Crippen LogP contribution in [0.5, 0.6) is 0 Å². The molecule has 1 N–H and O–H groups in total. The fraction of sp³-hybridized carbons (Fsp3) is 0.357. The van der Waals surface area contributed by atoms with Gasteiger partial charge in [0.1, 0.15) is 17.4 Å². The first-order chi connectivity index (χ1) is 18.8. The molecule has 2 heterocycles. The van der Waals surface area contributed by atoms with Gasteiger partial charge in [0.15, 0.2) is 9.84 Å². The molecule has 12 heteroatoms. The van der Waals surface area contributed by atoms with Gasteiger partial charge in [0.05, 0.1) is 24.0 Å². The van der Waals surface area contributed by atoms with Gasteiger partial charge in [0.2, 0.25) is 11.8 Å². The lowest BCUT2D eigenvalue weighted by atomic mass is 10.0.